The molecule has 25 heavy (non-hydrogen) atoms. The molecule has 0 aromatic rings. The van der Waals surface area contributed by atoms with Gasteiger partial charge in [0.15, 0.2) is 6.61 Å². The van der Waals surface area contributed by atoms with Crippen molar-refractivity contribution >= 4 is 5.97 Å². The standard InChI is InChI=1S/C15H28N2O8/c1-19-11-23-13-21-9-6-17(5-3-15(18)25-8-4-16)7-10-22-14-24-12-20-2/h3,5-14H2,1-2H3. The number of nitriles is 1. The molecule has 0 saturated carbocycles. The third kappa shape index (κ3) is 17.3. The monoisotopic (exact) mass is 364 g/mol. The van der Waals surface area contributed by atoms with Crippen LogP contribution in [0.15, 0.2) is 0 Å². The zero-order valence-corrected chi connectivity index (χ0v) is 14.9. The molecule has 0 spiro atoms. The van der Waals surface area contributed by atoms with Crippen molar-refractivity contribution in [2.24, 2.45) is 0 Å². The molecule has 0 fully saturated rings. The van der Waals surface area contributed by atoms with Crippen LogP contribution in [0.5, 0.6) is 0 Å². The Balaban J connectivity index is 3.95. The molecule has 0 saturated heterocycles. The van der Waals surface area contributed by atoms with Crippen molar-refractivity contribution in [1.82, 2.24) is 4.90 Å². The normalized spacial score (nSPS) is 10.8. The average molecular weight is 364 g/mol. The Bertz CT molecular complexity index is 335. The second-order valence-electron chi connectivity index (χ2n) is 4.68. The first-order chi connectivity index (χ1) is 12.2. The minimum atomic E-state index is -0.416. The van der Waals surface area contributed by atoms with E-state index in [0.29, 0.717) is 32.8 Å². The minimum absolute atomic E-state index is 0.132. The fraction of sp³-hybridized carbons (Fsp3) is 0.867. The maximum absolute atomic E-state index is 11.5. The van der Waals surface area contributed by atoms with Gasteiger partial charge in [0.05, 0.1) is 19.6 Å². The predicted octanol–water partition coefficient (Wildman–Crippen LogP) is -0.0655. The lowest BCUT2D eigenvalue weighted by Gasteiger charge is -2.21. The lowest BCUT2D eigenvalue weighted by atomic mass is 10.3. The predicted molar refractivity (Wildman–Crippen MR) is 85.2 cm³/mol. The number of hydrogen-bond acceptors (Lipinski definition) is 10. The molecule has 0 bridgehead atoms. The maximum atomic E-state index is 11.5. The van der Waals surface area contributed by atoms with Gasteiger partial charge in [-0.25, -0.2) is 0 Å². The van der Waals surface area contributed by atoms with Crippen molar-refractivity contribution in [3.8, 4) is 6.07 Å². The first kappa shape index (κ1) is 23.7. The van der Waals surface area contributed by atoms with Gasteiger partial charge in [-0.15, -0.1) is 0 Å². The van der Waals surface area contributed by atoms with Gasteiger partial charge < -0.3 is 33.2 Å². The third-order valence-corrected chi connectivity index (χ3v) is 2.77. The van der Waals surface area contributed by atoms with Crippen LogP contribution >= 0.6 is 0 Å². The molecule has 0 rings (SSSR count). The number of methoxy groups -OCH3 is 2. The van der Waals surface area contributed by atoms with E-state index in [1.807, 2.05) is 4.90 Å². The zero-order valence-electron chi connectivity index (χ0n) is 14.9. The molecule has 0 aromatic carbocycles. The van der Waals surface area contributed by atoms with Crippen molar-refractivity contribution in [1.29, 1.82) is 5.26 Å². The second kappa shape index (κ2) is 19.0. The van der Waals surface area contributed by atoms with Crippen molar-refractivity contribution < 1.29 is 38.0 Å². The molecule has 10 nitrogen and oxygen atoms in total. The molecule has 0 aliphatic carbocycles. The molecule has 0 aromatic heterocycles. The van der Waals surface area contributed by atoms with Crippen LogP contribution in [-0.2, 0) is 38.0 Å². The van der Waals surface area contributed by atoms with Gasteiger partial charge >= 0.3 is 5.97 Å². The van der Waals surface area contributed by atoms with Crippen LogP contribution < -0.4 is 0 Å². The summed E-state index contributed by atoms with van der Waals surface area (Å²) in [4.78, 5) is 13.5. The van der Waals surface area contributed by atoms with Gasteiger partial charge in [0, 0.05) is 33.9 Å². The molecular weight excluding hydrogens is 336 g/mol. The topological polar surface area (TPSA) is 109 Å². The summed E-state index contributed by atoms with van der Waals surface area (Å²) >= 11 is 0. The number of esters is 1. The Hall–Kier alpha value is -1.32. The van der Waals surface area contributed by atoms with Crippen LogP contribution in [0.25, 0.3) is 0 Å². The van der Waals surface area contributed by atoms with Crippen LogP contribution in [-0.4, -0.2) is 91.7 Å². The number of carbonyl (C=O) groups is 1. The Morgan fingerprint density at radius 2 is 1.44 bits per heavy atom. The molecule has 146 valence electrons. The van der Waals surface area contributed by atoms with Crippen molar-refractivity contribution in [2.45, 2.75) is 6.42 Å². The maximum Gasteiger partial charge on any atom is 0.308 e. The van der Waals surface area contributed by atoms with E-state index < -0.39 is 5.97 Å². The van der Waals surface area contributed by atoms with E-state index in [9.17, 15) is 4.79 Å². The highest BCUT2D eigenvalue weighted by molar-refractivity contribution is 5.69. The molecule has 0 unspecified atom stereocenters. The lowest BCUT2D eigenvalue weighted by molar-refractivity contribution is -0.143. The summed E-state index contributed by atoms with van der Waals surface area (Å²) in [7, 11) is 3.06. The lowest BCUT2D eigenvalue weighted by Crippen LogP contribution is -2.33. The largest absolute Gasteiger partial charge is 0.450 e. The van der Waals surface area contributed by atoms with E-state index in [1.54, 1.807) is 6.07 Å². The van der Waals surface area contributed by atoms with Gasteiger partial charge in [-0.2, -0.15) is 5.26 Å². The fourth-order valence-corrected chi connectivity index (χ4v) is 1.63. The molecule has 0 heterocycles. The highest BCUT2D eigenvalue weighted by Gasteiger charge is 2.09. The molecule has 0 aliphatic heterocycles. The molecule has 0 aliphatic rings. The van der Waals surface area contributed by atoms with Gasteiger partial charge in [-0.1, -0.05) is 0 Å². The Morgan fingerprint density at radius 3 is 1.92 bits per heavy atom. The van der Waals surface area contributed by atoms with Crippen molar-refractivity contribution in [3.63, 3.8) is 0 Å². The molecular formula is C15H28N2O8. The summed E-state index contributed by atoms with van der Waals surface area (Å²) in [6, 6.07) is 1.76. The molecule has 0 radical (unpaired) electrons. The van der Waals surface area contributed by atoms with Gasteiger partial charge in [0.1, 0.15) is 33.2 Å². The smallest absolute Gasteiger partial charge is 0.308 e. The van der Waals surface area contributed by atoms with Crippen LogP contribution in [0.3, 0.4) is 0 Å². The highest BCUT2D eigenvalue weighted by Crippen LogP contribution is 1.96. The first-order valence-electron chi connectivity index (χ1n) is 7.78. The molecule has 0 N–H and O–H groups in total. The van der Waals surface area contributed by atoms with E-state index in [-0.39, 0.29) is 40.2 Å². The minimum Gasteiger partial charge on any atom is -0.450 e. The summed E-state index contributed by atoms with van der Waals surface area (Å²) in [6.07, 6.45) is 0.183. The van der Waals surface area contributed by atoms with Crippen molar-refractivity contribution in [3.05, 3.63) is 0 Å². The molecule has 10 heteroatoms. The zero-order chi connectivity index (χ0) is 18.6. The third-order valence-electron chi connectivity index (χ3n) is 2.77. The van der Waals surface area contributed by atoms with Gasteiger partial charge in [0.2, 0.25) is 0 Å². The Kier molecular flexibility index (Phi) is 18.0. The summed E-state index contributed by atoms with van der Waals surface area (Å²) in [6.45, 7) is 2.87. The van der Waals surface area contributed by atoms with E-state index in [2.05, 4.69) is 0 Å². The van der Waals surface area contributed by atoms with Crippen LogP contribution in [0.4, 0.5) is 0 Å². The van der Waals surface area contributed by atoms with E-state index in [0.717, 1.165) is 0 Å². The summed E-state index contributed by atoms with van der Waals surface area (Å²) in [5.41, 5.74) is 0. The number of rotatable bonds is 18. The number of nitrogens with zero attached hydrogens (tertiary/aromatic N) is 2. The summed E-state index contributed by atoms with van der Waals surface area (Å²) in [5, 5.41) is 8.39. The van der Waals surface area contributed by atoms with Crippen molar-refractivity contribution in [2.75, 3.05) is 80.8 Å². The second-order valence-corrected chi connectivity index (χ2v) is 4.68. The first-order valence-corrected chi connectivity index (χ1v) is 7.78. The Labute approximate surface area is 148 Å². The van der Waals surface area contributed by atoms with Crippen LogP contribution in [0.2, 0.25) is 0 Å². The average Bonchev–Trinajstić information content (AvgIpc) is 2.62. The van der Waals surface area contributed by atoms with Gasteiger partial charge in [0.25, 0.3) is 0 Å². The number of ether oxygens (including phenoxy) is 7. The molecule has 0 atom stereocenters. The number of hydrogen-bond donors (Lipinski definition) is 0. The highest BCUT2D eigenvalue weighted by atomic mass is 16.7. The Morgan fingerprint density at radius 1 is 0.880 bits per heavy atom. The number of carbonyl (C=O) groups excluding carboxylic acids is 1. The van der Waals surface area contributed by atoms with E-state index in [1.165, 1.54) is 14.2 Å². The molecule has 0 amide bonds. The van der Waals surface area contributed by atoms with Crippen LogP contribution in [0.1, 0.15) is 6.42 Å². The van der Waals surface area contributed by atoms with Crippen LogP contribution in [0, 0.1) is 11.3 Å². The summed E-state index contributed by atoms with van der Waals surface area (Å²) < 4.78 is 34.9. The summed E-state index contributed by atoms with van der Waals surface area (Å²) in [5.74, 6) is -0.416. The van der Waals surface area contributed by atoms with Gasteiger partial charge in [-0.05, 0) is 0 Å². The van der Waals surface area contributed by atoms with E-state index >= 15 is 0 Å². The van der Waals surface area contributed by atoms with Gasteiger partial charge in [-0.3, -0.25) is 9.69 Å². The van der Waals surface area contributed by atoms with E-state index in [4.69, 9.17) is 38.4 Å². The fourth-order valence-electron chi connectivity index (χ4n) is 1.63. The quantitative estimate of drug-likeness (QED) is 0.186. The SMILES string of the molecule is COCOCOCCN(CCOCOCOC)CCC(=O)OCC#N.